The molecule has 0 saturated heterocycles. The highest BCUT2D eigenvalue weighted by Gasteiger charge is 2.02. The molecule has 0 bridgehead atoms. The Hall–Kier alpha value is -0.920. The van der Waals surface area contributed by atoms with E-state index in [9.17, 15) is 8.42 Å². The summed E-state index contributed by atoms with van der Waals surface area (Å²) in [6, 6.07) is 0. The standard InChI is InChI=1S/C4H7N3O3S/c5-11(8,9)10-3-4-1-6-7-2-4/h1-2H,3H2,(H,6,7)(H2,5,8,9). The van der Waals surface area contributed by atoms with Gasteiger partial charge in [0.15, 0.2) is 0 Å². The Kier molecular flexibility index (Phi) is 2.22. The molecule has 0 aliphatic carbocycles. The van der Waals surface area contributed by atoms with Gasteiger partial charge in [-0.1, -0.05) is 0 Å². The molecule has 7 heteroatoms. The van der Waals surface area contributed by atoms with Crippen molar-refractivity contribution in [3.8, 4) is 0 Å². The maximum absolute atomic E-state index is 10.3. The van der Waals surface area contributed by atoms with Gasteiger partial charge in [-0.2, -0.15) is 13.5 Å². The highest BCUT2D eigenvalue weighted by atomic mass is 32.2. The van der Waals surface area contributed by atoms with Crippen LogP contribution >= 0.6 is 0 Å². The minimum atomic E-state index is -3.84. The van der Waals surface area contributed by atoms with Crippen LogP contribution in [0, 0.1) is 0 Å². The molecule has 6 nitrogen and oxygen atoms in total. The molecule has 3 N–H and O–H groups in total. The molecule has 1 aromatic heterocycles. The van der Waals surface area contributed by atoms with Gasteiger partial charge in [-0.25, -0.2) is 5.14 Å². The van der Waals surface area contributed by atoms with Crippen molar-refractivity contribution in [3.63, 3.8) is 0 Å². The number of aromatic amines is 1. The van der Waals surface area contributed by atoms with E-state index >= 15 is 0 Å². The summed E-state index contributed by atoms with van der Waals surface area (Å²) in [6.45, 7) is -0.0880. The minimum Gasteiger partial charge on any atom is -0.285 e. The van der Waals surface area contributed by atoms with Crippen molar-refractivity contribution in [2.24, 2.45) is 5.14 Å². The van der Waals surface area contributed by atoms with E-state index in [1.165, 1.54) is 12.4 Å². The fourth-order valence-corrected chi connectivity index (χ4v) is 0.807. The van der Waals surface area contributed by atoms with Crippen molar-refractivity contribution in [2.45, 2.75) is 6.61 Å². The lowest BCUT2D eigenvalue weighted by Crippen LogP contribution is -2.15. The van der Waals surface area contributed by atoms with Gasteiger partial charge < -0.3 is 0 Å². The lowest BCUT2D eigenvalue weighted by atomic mass is 10.4. The number of aromatic nitrogens is 2. The maximum Gasteiger partial charge on any atom is 0.333 e. The Balaban J connectivity index is 2.48. The van der Waals surface area contributed by atoms with Gasteiger partial charge in [0.2, 0.25) is 0 Å². The largest absolute Gasteiger partial charge is 0.333 e. The van der Waals surface area contributed by atoms with Crippen LogP contribution in [0.15, 0.2) is 12.4 Å². The van der Waals surface area contributed by atoms with E-state index in [0.717, 1.165) is 0 Å². The predicted molar refractivity (Wildman–Crippen MR) is 36.5 cm³/mol. The van der Waals surface area contributed by atoms with Crippen molar-refractivity contribution in [1.82, 2.24) is 10.2 Å². The molecular formula is C4H7N3O3S. The van der Waals surface area contributed by atoms with Crippen molar-refractivity contribution in [2.75, 3.05) is 0 Å². The molecule has 0 saturated carbocycles. The zero-order chi connectivity index (χ0) is 8.32. The van der Waals surface area contributed by atoms with Gasteiger partial charge in [0.05, 0.1) is 12.8 Å². The van der Waals surface area contributed by atoms with Crippen LogP contribution in [-0.4, -0.2) is 18.6 Å². The lowest BCUT2D eigenvalue weighted by molar-refractivity contribution is 0.308. The first-order valence-electron chi connectivity index (χ1n) is 2.73. The first kappa shape index (κ1) is 8.18. The molecule has 0 aromatic carbocycles. The summed E-state index contributed by atoms with van der Waals surface area (Å²) in [5.41, 5.74) is 0.624. The summed E-state index contributed by atoms with van der Waals surface area (Å²) in [5, 5.41) is 10.7. The Morgan fingerprint density at radius 2 is 2.45 bits per heavy atom. The summed E-state index contributed by atoms with van der Waals surface area (Å²) in [7, 11) is -3.84. The van der Waals surface area contributed by atoms with Gasteiger partial charge in [-0.3, -0.25) is 9.28 Å². The predicted octanol–water partition coefficient (Wildman–Crippen LogP) is -0.870. The van der Waals surface area contributed by atoms with Gasteiger partial charge in [0.25, 0.3) is 0 Å². The molecule has 0 radical (unpaired) electrons. The maximum atomic E-state index is 10.3. The molecular weight excluding hydrogens is 170 g/mol. The summed E-state index contributed by atoms with van der Waals surface area (Å²) < 4.78 is 24.8. The number of rotatable bonds is 3. The molecule has 62 valence electrons. The Labute approximate surface area is 63.6 Å². The van der Waals surface area contributed by atoms with E-state index in [-0.39, 0.29) is 6.61 Å². The van der Waals surface area contributed by atoms with Crippen LogP contribution < -0.4 is 5.14 Å². The number of nitrogens with zero attached hydrogens (tertiary/aromatic N) is 1. The Morgan fingerprint density at radius 3 is 2.91 bits per heavy atom. The Morgan fingerprint density at radius 1 is 1.73 bits per heavy atom. The number of H-pyrrole nitrogens is 1. The molecule has 0 spiro atoms. The average Bonchev–Trinajstić information content (AvgIpc) is 2.32. The van der Waals surface area contributed by atoms with Crippen LogP contribution in [-0.2, 0) is 21.1 Å². The van der Waals surface area contributed by atoms with Gasteiger partial charge >= 0.3 is 10.3 Å². The van der Waals surface area contributed by atoms with Crippen LogP contribution in [0.5, 0.6) is 0 Å². The van der Waals surface area contributed by atoms with Crippen LogP contribution in [0.25, 0.3) is 0 Å². The third kappa shape index (κ3) is 3.12. The second kappa shape index (κ2) is 2.99. The number of nitrogens with one attached hydrogen (secondary N) is 1. The highest BCUT2D eigenvalue weighted by molar-refractivity contribution is 7.84. The molecule has 0 amide bonds. The van der Waals surface area contributed by atoms with Gasteiger partial charge in [-0.05, 0) is 0 Å². The van der Waals surface area contributed by atoms with E-state index in [0.29, 0.717) is 5.56 Å². The third-order valence-corrected chi connectivity index (χ3v) is 1.39. The van der Waals surface area contributed by atoms with Crippen LogP contribution in [0.1, 0.15) is 5.56 Å². The molecule has 1 aromatic rings. The van der Waals surface area contributed by atoms with Crippen molar-refractivity contribution >= 4 is 10.3 Å². The molecule has 0 aliphatic rings. The van der Waals surface area contributed by atoms with E-state index in [4.69, 9.17) is 0 Å². The molecule has 0 unspecified atom stereocenters. The summed E-state index contributed by atoms with van der Waals surface area (Å²) in [4.78, 5) is 0. The molecule has 0 atom stereocenters. The van der Waals surface area contributed by atoms with E-state index < -0.39 is 10.3 Å². The Bertz CT molecular complexity index is 303. The van der Waals surface area contributed by atoms with Crippen LogP contribution in [0.2, 0.25) is 0 Å². The number of hydrogen-bond acceptors (Lipinski definition) is 4. The first-order valence-corrected chi connectivity index (χ1v) is 4.20. The lowest BCUT2D eigenvalue weighted by Gasteiger charge is -1.95. The third-order valence-electron chi connectivity index (χ3n) is 0.945. The van der Waals surface area contributed by atoms with Gasteiger partial charge in [0.1, 0.15) is 0 Å². The molecule has 11 heavy (non-hydrogen) atoms. The molecule has 0 fully saturated rings. The van der Waals surface area contributed by atoms with Crippen LogP contribution in [0.3, 0.4) is 0 Å². The van der Waals surface area contributed by atoms with Gasteiger partial charge in [0, 0.05) is 11.8 Å². The first-order chi connectivity index (χ1) is 5.08. The average molecular weight is 177 g/mol. The normalized spacial score (nSPS) is 11.7. The van der Waals surface area contributed by atoms with E-state index in [1.807, 2.05) is 0 Å². The fraction of sp³-hybridized carbons (Fsp3) is 0.250. The summed E-state index contributed by atoms with van der Waals surface area (Å²) in [5.74, 6) is 0. The highest BCUT2D eigenvalue weighted by Crippen LogP contribution is 1.97. The van der Waals surface area contributed by atoms with Crippen molar-refractivity contribution in [3.05, 3.63) is 18.0 Å². The van der Waals surface area contributed by atoms with Crippen molar-refractivity contribution in [1.29, 1.82) is 0 Å². The summed E-state index contributed by atoms with van der Waals surface area (Å²) >= 11 is 0. The monoisotopic (exact) mass is 177 g/mol. The van der Waals surface area contributed by atoms with E-state index in [1.54, 1.807) is 0 Å². The smallest absolute Gasteiger partial charge is 0.285 e. The zero-order valence-corrected chi connectivity index (χ0v) is 6.34. The SMILES string of the molecule is NS(=O)(=O)OCc1cn[nH]c1. The van der Waals surface area contributed by atoms with Crippen molar-refractivity contribution < 1.29 is 12.6 Å². The quantitative estimate of drug-likeness (QED) is 0.627. The second-order valence-corrected chi connectivity index (χ2v) is 3.08. The fourth-order valence-electron chi connectivity index (χ4n) is 0.507. The number of nitrogens with two attached hydrogens (primary N) is 1. The number of hydrogen-bond donors (Lipinski definition) is 2. The molecule has 1 heterocycles. The molecule has 1 rings (SSSR count). The van der Waals surface area contributed by atoms with E-state index in [2.05, 4.69) is 19.5 Å². The van der Waals surface area contributed by atoms with Gasteiger partial charge in [-0.15, -0.1) is 0 Å². The zero-order valence-electron chi connectivity index (χ0n) is 5.52. The molecule has 0 aliphatic heterocycles. The topological polar surface area (TPSA) is 98.1 Å². The van der Waals surface area contributed by atoms with Crippen LogP contribution in [0.4, 0.5) is 0 Å². The minimum absolute atomic E-state index is 0.0880. The second-order valence-electron chi connectivity index (χ2n) is 1.86. The summed E-state index contributed by atoms with van der Waals surface area (Å²) in [6.07, 6.45) is 2.97.